The van der Waals surface area contributed by atoms with Crippen LogP contribution in [0, 0.1) is 0 Å². The molecule has 2 fully saturated rings. The van der Waals surface area contributed by atoms with Gasteiger partial charge in [0.15, 0.2) is 5.65 Å². The average molecular weight is 381 g/mol. The van der Waals surface area contributed by atoms with Crippen LogP contribution >= 0.6 is 0 Å². The highest BCUT2D eigenvalue weighted by molar-refractivity contribution is 5.73. The first-order valence-electron chi connectivity index (χ1n) is 9.77. The largest absolute Gasteiger partial charge is 0.381 e. The molecule has 5 rings (SSSR count). The van der Waals surface area contributed by atoms with E-state index in [0.717, 1.165) is 45.0 Å². The van der Waals surface area contributed by atoms with Crippen molar-refractivity contribution in [2.45, 2.75) is 37.8 Å². The summed E-state index contributed by atoms with van der Waals surface area (Å²) in [5.74, 6) is 1.88. The maximum absolute atomic E-state index is 12.6. The number of likely N-dealkylation sites (tertiary alicyclic amines) is 1. The molecule has 28 heavy (non-hydrogen) atoms. The van der Waals surface area contributed by atoms with Gasteiger partial charge in [-0.15, -0.1) is 0 Å². The van der Waals surface area contributed by atoms with Crippen molar-refractivity contribution in [3.8, 4) is 0 Å². The van der Waals surface area contributed by atoms with Gasteiger partial charge in [0, 0.05) is 44.6 Å². The normalized spacial score (nSPS) is 20.3. The molecule has 146 valence electrons. The van der Waals surface area contributed by atoms with Crippen molar-refractivity contribution < 1.29 is 4.74 Å². The average Bonchev–Trinajstić information content (AvgIpc) is 3.13. The third kappa shape index (κ3) is 3.00. The summed E-state index contributed by atoms with van der Waals surface area (Å²) in [6, 6.07) is 2.07. The second-order valence-corrected chi connectivity index (χ2v) is 7.55. The van der Waals surface area contributed by atoms with Gasteiger partial charge in [0.25, 0.3) is 5.56 Å². The monoisotopic (exact) mass is 381 g/mol. The zero-order chi connectivity index (χ0) is 19.1. The standard InChI is InChI=1S/C19H23N7O2/c1-12(25-10-13(11-25)17-20-5-2-6-21-17)16-23-18-15(19(27)24-16)9-22-26(18)14-3-7-28-8-4-14/h2,5-6,9,12-14H,3-4,7-8,10-11H2,1H3,(H,23,24,27)/t12-/m1/s1. The lowest BCUT2D eigenvalue weighted by molar-refractivity contribution is 0.0672. The van der Waals surface area contributed by atoms with Gasteiger partial charge in [-0.3, -0.25) is 9.69 Å². The Labute approximate surface area is 161 Å². The van der Waals surface area contributed by atoms with Gasteiger partial charge in [-0.2, -0.15) is 5.10 Å². The molecule has 9 heteroatoms. The van der Waals surface area contributed by atoms with Gasteiger partial charge in [0.2, 0.25) is 0 Å². The lowest BCUT2D eigenvalue weighted by Crippen LogP contribution is -2.47. The minimum Gasteiger partial charge on any atom is -0.381 e. The molecule has 0 saturated carbocycles. The number of H-pyrrole nitrogens is 1. The fraction of sp³-hybridized carbons (Fsp3) is 0.526. The number of hydrogen-bond donors (Lipinski definition) is 1. The zero-order valence-corrected chi connectivity index (χ0v) is 15.8. The van der Waals surface area contributed by atoms with Crippen molar-refractivity contribution in [2.75, 3.05) is 26.3 Å². The van der Waals surface area contributed by atoms with E-state index in [1.54, 1.807) is 18.6 Å². The molecule has 0 aromatic carbocycles. The fourth-order valence-electron chi connectivity index (χ4n) is 4.03. The second-order valence-electron chi connectivity index (χ2n) is 7.55. The summed E-state index contributed by atoms with van der Waals surface area (Å²) in [6.45, 7) is 5.21. The quantitative estimate of drug-likeness (QED) is 0.729. The topological polar surface area (TPSA) is 102 Å². The number of aromatic nitrogens is 6. The number of fused-ring (bicyclic) bond motifs is 1. The number of ether oxygens (including phenoxy) is 1. The molecule has 0 radical (unpaired) electrons. The predicted octanol–water partition coefficient (Wildman–Crippen LogP) is 1.42. The highest BCUT2D eigenvalue weighted by Gasteiger charge is 2.35. The van der Waals surface area contributed by atoms with E-state index in [4.69, 9.17) is 9.72 Å². The highest BCUT2D eigenvalue weighted by Crippen LogP contribution is 2.31. The number of aromatic amines is 1. The molecule has 0 bridgehead atoms. The van der Waals surface area contributed by atoms with Crippen LogP contribution in [0.2, 0.25) is 0 Å². The summed E-state index contributed by atoms with van der Waals surface area (Å²) in [4.78, 5) is 31.3. The molecule has 9 nitrogen and oxygen atoms in total. The number of rotatable bonds is 4. The van der Waals surface area contributed by atoms with Gasteiger partial charge in [0.05, 0.1) is 18.3 Å². The predicted molar refractivity (Wildman–Crippen MR) is 102 cm³/mol. The molecular weight excluding hydrogens is 358 g/mol. The minimum atomic E-state index is -0.131. The lowest BCUT2D eigenvalue weighted by atomic mass is 9.97. The van der Waals surface area contributed by atoms with Crippen LogP contribution < -0.4 is 5.56 Å². The number of nitrogens with zero attached hydrogens (tertiary/aromatic N) is 6. The lowest BCUT2D eigenvalue weighted by Gasteiger charge is -2.41. The molecule has 1 atom stereocenters. The van der Waals surface area contributed by atoms with E-state index < -0.39 is 0 Å². The number of nitrogens with one attached hydrogen (secondary N) is 1. The summed E-state index contributed by atoms with van der Waals surface area (Å²) in [5, 5.41) is 5.00. The van der Waals surface area contributed by atoms with Gasteiger partial charge >= 0.3 is 0 Å². The van der Waals surface area contributed by atoms with Crippen LogP contribution in [0.1, 0.15) is 49.4 Å². The van der Waals surface area contributed by atoms with Gasteiger partial charge in [0.1, 0.15) is 17.0 Å². The zero-order valence-electron chi connectivity index (χ0n) is 15.8. The summed E-state index contributed by atoms with van der Waals surface area (Å²) in [6.07, 6.45) is 6.96. The maximum Gasteiger partial charge on any atom is 0.262 e. The number of hydrogen-bond acceptors (Lipinski definition) is 7. The van der Waals surface area contributed by atoms with Crippen LogP contribution in [-0.4, -0.2) is 60.9 Å². The van der Waals surface area contributed by atoms with Gasteiger partial charge < -0.3 is 9.72 Å². The van der Waals surface area contributed by atoms with Crippen LogP contribution in [0.4, 0.5) is 0 Å². The summed E-state index contributed by atoms with van der Waals surface area (Å²) in [5.41, 5.74) is 0.537. The van der Waals surface area contributed by atoms with Crippen molar-refractivity contribution in [1.82, 2.24) is 34.6 Å². The molecule has 2 saturated heterocycles. The molecule has 0 aliphatic carbocycles. The van der Waals surface area contributed by atoms with Crippen LogP contribution in [0.5, 0.6) is 0 Å². The van der Waals surface area contributed by atoms with E-state index >= 15 is 0 Å². The molecule has 1 N–H and O–H groups in total. The third-order valence-corrected chi connectivity index (χ3v) is 5.82. The Bertz CT molecular complexity index is 1020. The van der Waals surface area contributed by atoms with E-state index in [0.29, 0.717) is 22.8 Å². The second kappa shape index (κ2) is 7.06. The van der Waals surface area contributed by atoms with E-state index in [2.05, 4.69) is 31.9 Å². The Hall–Kier alpha value is -2.65. The first kappa shape index (κ1) is 17.4. The smallest absolute Gasteiger partial charge is 0.262 e. The Kier molecular flexibility index (Phi) is 4.40. The first-order chi connectivity index (χ1) is 13.7. The maximum atomic E-state index is 12.6. The van der Waals surface area contributed by atoms with Crippen molar-refractivity contribution in [1.29, 1.82) is 0 Å². The van der Waals surface area contributed by atoms with E-state index in [1.165, 1.54) is 0 Å². The van der Waals surface area contributed by atoms with Crippen molar-refractivity contribution in [2.24, 2.45) is 0 Å². The van der Waals surface area contributed by atoms with Crippen LogP contribution in [0.3, 0.4) is 0 Å². The molecule has 3 aromatic heterocycles. The molecule has 0 unspecified atom stereocenters. The van der Waals surface area contributed by atoms with Crippen molar-refractivity contribution in [3.05, 3.63) is 46.7 Å². The summed E-state index contributed by atoms with van der Waals surface area (Å²) >= 11 is 0. The molecule has 0 amide bonds. The molecule has 0 spiro atoms. The SMILES string of the molecule is C[C@H](c1nc2c(cnn2C2CCOCC2)c(=O)[nH]1)N1CC(c2ncccn2)C1. The summed E-state index contributed by atoms with van der Waals surface area (Å²) in [7, 11) is 0. The molecular formula is C19H23N7O2. The minimum absolute atomic E-state index is 0.00935. The molecule has 5 heterocycles. The van der Waals surface area contributed by atoms with Crippen LogP contribution in [0.25, 0.3) is 11.0 Å². The van der Waals surface area contributed by atoms with Crippen LogP contribution in [0.15, 0.2) is 29.5 Å². The Balaban J connectivity index is 1.39. The van der Waals surface area contributed by atoms with E-state index in [1.807, 2.05) is 10.7 Å². The molecule has 2 aliphatic heterocycles. The Morgan fingerprint density at radius 3 is 2.71 bits per heavy atom. The van der Waals surface area contributed by atoms with Gasteiger partial charge in [-0.05, 0) is 25.8 Å². The Morgan fingerprint density at radius 2 is 1.96 bits per heavy atom. The summed E-state index contributed by atoms with van der Waals surface area (Å²) < 4.78 is 7.35. The van der Waals surface area contributed by atoms with Crippen molar-refractivity contribution in [3.63, 3.8) is 0 Å². The molecule has 3 aromatic rings. The third-order valence-electron chi connectivity index (χ3n) is 5.82. The van der Waals surface area contributed by atoms with Gasteiger partial charge in [-0.25, -0.2) is 19.6 Å². The van der Waals surface area contributed by atoms with Crippen LogP contribution in [-0.2, 0) is 4.74 Å². The van der Waals surface area contributed by atoms with Crippen molar-refractivity contribution >= 4 is 11.0 Å². The fourth-order valence-corrected chi connectivity index (χ4v) is 4.03. The first-order valence-corrected chi connectivity index (χ1v) is 9.77. The molecule has 2 aliphatic rings. The Morgan fingerprint density at radius 1 is 1.21 bits per heavy atom. The van der Waals surface area contributed by atoms with E-state index in [-0.39, 0.29) is 17.6 Å². The van der Waals surface area contributed by atoms with Gasteiger partial charge in [-0.1, -0.05) is 0 Å². The highest BCUT2D eigenvalue weighted by atomic mass is 16.5. The van der Waals surface area contributed by atoms with E-state index in [9.17, 15) is 4.79 Å².